The Labute approximate surface area is 174 Å². The van der Waals surface area contributed by atoms with E-state index < -0.39 is 11.6 Å². The first-order chi connectivity index (χ1) is 13.3. The second-order valence-corrected chi connectivity index (χ2v) is 10.5. The molecule has 2 aliphatic rings. The first-order valence-electron chi connectivity index (χ1n) is 10.1. The smallest absolute Gasteiger partial charge is 0.355 e. The molecule has 0 spiro atoms. The lowest BCUT2D eigenvalue weighted by molar-refractivity contribution is -0.121. The predicted octanol–water partition coefficient (Wildman–Crippen LogP) is 4.81. The third kappa shape index (κ3) is 6.42. The number of Topliss-reactive ketones (excluding diaryl/α,β-unsaturated/α-hetero) is 1. The van der Waals surface area contributed by atoms with E-state index in [0.717, 1.165) is 41.7 Å². The molecule has 154 valence electrons. The number of carbonyl (C=O) groups is 2. The fraction of sp³-hybridized carbons (Fsp3) is 0.667. The van der Waals surface area contributed by atoms with Crippen molar-refractivity contribution < 1.29 is 19.8 Å². The zero-order valence-electron chi connectivity index (χ0n) is 16.3. The SMILES string of the molecule is CC(O)(CC=C[C@H]1CCC(=O)[C@@H]1CCSc1nc(C(=O)O)cs1)CCC1CC1. The molecule has 0 aromatic carbocycles. The highest BCUT2D eigenvalue weighted by Crippen LogP contribution is 2.37. The van der Waals surface area contributed by atoms with Crippen molar-refractivity contribution in [1.82, 2.24) is 4.98 Å². The van der Waals surface area contributed by atoms with Crippen LogP contribution < -0.4 is 0 Å². The van der Waals surface area contributed by atoms with Crippen molar-refractivity contribution in [2.45, 2.75) is 68.2 Å². The van der Waals surface area contributed by atoms with E-state index in [-0.39, 0.29) is 17.5 Å². The van der Waals surface area contributed by atoms with Crippen molar-refractivity contribution in [3.63, 3.8) is 0 Å². The summed E-state index contributed by atoms with van der Waals surface area (Å²) in [5, 5.41) is 21.0. The molecular formula is C21H29NO4S2. The topological polar surface area (TPSA) is 87.5 Å². The van der Waals surface area contributed by atoms with Gasteiger partial charge in [-0.2, -0.15) is 0 Å². The molecule has 2 N–H and O–H groups in total. The number of thiazole rings is 1. The van der Waals surface area contributed by atoms with Crippen LogP contribution in [0.2, 0.25) is 0 Å². The van der Waals surface area contributed by atoms with E-state index in [1.807, 2.05) is 6.92 Å². The minimum atomic E-state index is -1.01. The van der Waals surface area contributed by atoms with Gasteiger partial charge >= 0.3 is 5.97 Å². The molecule has 0 radical (unpaired) electrons. The van der Waals surface area contributed by atoms with Gasteiger partial charge < -0.3 is 10.2 Å². The number of aromatic nitrogens is 1. The fourth-order valence-electron chi connectivity index (χ4n) is 3.76. The lowest BCUT2D eigenvalue weighted by Crippen LogP contribution is -2.23. The van der Waals surface area contributed by atoms with Crippen LogP contribution >= 0.6 is 23.1 Å². The van der Waals surface area contributed by atoms with Gasteiger partial charge in [-0.25, -0.2) is 9.78 Å². The number of aliphatic hydroxyl groups is 1. The van der Waals surface area contributed by atoms with Gasteiger partial charge in [0.1, 0.15) is 5.78 Å². The van der Waals surface area contributed by atoms with E-state index in [2.05, 4.69) is 17.1 Å². The molecule has 0 aliphatic heterocycles. The van der Waals surface area contributed by atoms with E-state index in [1.165, 1.54) is 35.9 Å². The Hall–Kier alpha value is -1.18. The van der Waals surface area contributed by atoms with Gasteiger partial charge in [0.25, 0.3) is 0 Å². The molecule has 0 saturated heterocycles. The third-order valence-electron chi connectivity index (χ3n) is 5.74. The standard InChI is InChI=1S/C21H29NO4S2/c1-21(26,11-8-14-4-5-14)10-2-3-15-6-7-18(23)16(15)9-12-27-20-22-17(13-28-20)19(24)25/h2-3,13-16,26H,4-12H2,1H3,(H,24,25)/t15-,16+,21?/m0/s1. The number of ketones is 1. The van der Waals surface area contributed by atoms with Crippen LogP contribution in [0.4, 0.5) is 0 Å². The van der Waals surface area contributed by atoms with Crippen LogP contribution in [0.1, 0.15) is 68.8 Å². The average Bonchev–Trinajstić information content (AvgIpc) is 3.25. The molecular weight excluding hydrogens is 394 g/mol. The molecule has 1 heterocycles. The lowest BCUT2D eigenvalue weighted by atomic mass is 9.90. The van der Waals surface area contributed by atoms with Crippen LogP contribution in [0.5, 0.6) is 0 Å². The molecule has 2 fully saturated rings. The predicted molar refractivity (Wildman–Crippen MR) is 112 cm³/mol. The maximum absolute atomic E-state index is 12.3. The van der Waals surface area contributed by atoms with Crippen LogP contribution in [0.3, 0.4) is 0 Å². The molecule has 7 heteroatoms. The van der Waals surface area contributed by atoms with E-state index in [1.54, 1.807) is 5.38 Å². The quantitative estimate of drug-likeness (QED) is 0.392. The zero-order chi connectivity index (χ0) is 20.1. The van der Waals surface area contributed by atoms with Gasteiger partial charge in [0.2, 0.25) is 0 Å². The third-order valence-corrected chi connectivity index (χ3v) is 7.79. The Balaban J connectivity index is 1.44. The van der Waals surface area contributed by atoms with Crippen molar-refractivity contribution >= 4 is 34.9 Å². The largest absolute Gasteiger partial charge is 0.476 e. The molecule has 3 rings (SSSR count). The summed E-state index contributed by atoms with van der Waals surface area (Å²) in [6.07, 6.45) is 11.7. The monoisotopic (exact) mass is 423 g/mol. The van der Waals surface area contributed by atoms with Gasteiger partial charge in [-0.3, -0.25) is 4.79 Å². The van der Waals surface area contributed by atoms with Crippen molar-refractivity contribution in [3.05, 3.63) is 23.2 Å². The number of carbonyl (C=O) groups excluding carboxylic acids is 1. The summed E-state index contributed by atoms with van der Waals surface area (Å²) in [6, 6.07) is 0. The Morgan fingerprint density at radius 2 is 2.18 bits per heavy atom. The van der Waals surface area contributed by atoms with E-state index in [4.69, 9.17) is 5.11 Å². The Bertz CT molecular complexity index is 724. The Morgan fingerprint density at radius 1 is 1.39 bits per heavy atom. The summed E-state index contributed by atoms with van der Waals surface area (Å²) in [5.74, 6) is 1.17. The molecule has 3 atom stereocenters. The summed E-state index contributed by atoms with van der Waals surface area (Å²) in [7, 11) is 0. The number of allylic oxidation sites excluding steroid dienone is 1. The highest BCUT2D eigenvalue weighted by Gasteiger charge is 2.33. The second-order valence-electron chi connectivity index (χ2n) is 8.33. The minimum Gasteiger partial charge on any atom is -0.476 e. The summed E-state index contributed by atoms with van der Waals surface area (Å²) < 4.78 is 0.738. The molecule has 1 aromatic rings. The van der Waals surface area contributed by atoms with Crippen molar-refractivity contribution in [3.8, 4) is 0 Å². The molecule has 1 aromatic heterocycles. The average molecular weight is 424 g/mol. The van der Waals surface area contributed by atoms with Crippen LogP contribution in [0.25, 0.3) is 0 Å². The molecule has 2 saturated carbocycles. The summed E-state index contributed by atoms with van der Waals surface area (Å²) in [6.45, 7) is 1.91. The van der Waals surface area contributed by atoms with Gasteiger partial charge in [0.05, 0.1) is 5.60 Å². The van der Waals surface area contributed by atoms with E-state index in [0.29, 0.717) is 18.6 Å². The number of hydrogen-bond donors (Lipinski definition) is 2. The number of aromatic carboxylic acids is 1. The van der Waals surface area contributed by atoms with Gasteiger partial charge in [-0.1, -0.05) is 36.8 Å². The Kier molecular flexibility index (Phi) is 7.34. The molecule has 0 bridgehead atoms. The number of nitrogens with zero attached hydrogens (tertiary/aromatic N) is 1. The summed E-state index contributed by atoms with van der Waals surface area (Å²) in [4.78, 5) is 27.3. The van der Waals surface area contributed by atoms with Crippen LogP contribution in [-0.2, 0) is 4.79 Å². The Morgan fingerprint density at radius 3 is 2.86 bits per heavy atom. The number of carboxylic acid groups (broad SMARTS) is 1. The first kappa shape index (κ1) is 21.5. The molecule has 28 heavy (non-hydrogen) atoms. The van der Waals surface area contributed by atoms with E-state index >= 15 is 0 Å². The zero-order valence-corrected chi connectivity index (χ0v) is 17.9. The molecule has 2 aliphatic carbocycles. The van der Waals surface area contributed by atoms with Crippen molar-refractivity contribution in [1.29, 1.82) is 0 Å². The maximum Gasteiger partial charge on any atom is 0.355 e. The number of rotatable bonds is 11. The molecule has 0 amide bonds. The second kappa shape index (κ2) is 9.55. The fourth-order valence-corrected chi connectivity index (χ4v) is 5.65. The van der Waals surface area contributed by atoms with Gasteiger partial charge in [-0.15, -0.1) is 11.3 Å². The van der Waals surface area contributed by atoms with Gasteiger partial charge in [-0.05, 0) is 50.9 Å². The highest BCUT2D eigenvalue weighted by atomic mass is 32.2. The maximum atomic E-state index is 12.3. The van der Waals surface area contributed by atoms with Gasteiger partial charge in [0, 0.05) is 23.5 Å². The van der Waals surface area contributed by atoms with Crippen LogP contribution in [-0.4, -0.2) is 38.3 Å². The molecule has 5 nitrogen and oxygen atoms in total. The lowest BCUT2D eigenvalue weighted by Gasteiger charge is -2.22. The number of thioether (sulfide) groups is 1. The summed E-state index contributed by atoms with van der Waals surface area (Å²) >= 11 is 2.85. The van der Waals surface area contributed by atoms with Crippen LogP contribution in [0, 0.1) is 17.8 Å². The van der Waals surface area contributed by atoms with E-state index in [9.17, 15) is 14.7 Å². The van der Waals surface area contributed by atoms with Crippen LogP contribution in [0.15, 0.2) is 21.9 Å². The number of hydrogen-bond acceptors (Lipinski definition) is 6. The van der Waals surface area contributed by atoms with Gasteiger partial charge in [0.15, 0.2) is 10.0 Å². The van der Waals surface area contributed by atoms with Crippen molar-refractivity contribution in [2.75, 3.05) is 5.75 Å². The number of carboxylic acids is 1. The normalized spacial score (nSPS) is 24.7. The summed E-state index contributed by atoms with van der Waals surface area (Å²) in [5.41, 5.74) is -0.571. The minimum absolute atomic E-state index is 0.0269. The highest BCUT2D eigenvalue weighted by molar-refractivity contribution is 8.01. The molecule has 1 unspecified atom stereocenters. The first-order valence-corrected chi connectivity index (χ1v) is 11.9. The van der Waals surface area contributed by atoms with Crippen molar-refractivity contribution in [2.24, 2.45) is 17.8 Å².